The Morgan fingerprint density at radius 1 is 1.32 bits per heavy atom. The minimum absolute atomic E-state index is 0.139. The number of fused-ring (bicyclic) bond motifs is 1. The standard InChI is InChI=1S/C16H13ClN2O3/c1-21-14-5-3-11(8-12(14)17)19-16(20)7-10-2-4-13-15(6-10)22-9-18-13/h2-6,8-9H,7H2,1H3,(H,19,20). The topological polar surface area (TPSA) is 64.4 Å². The maximum absolute atomic E-state index is 12.1. The van der Waals surface area contributed by atoms with Crippen molar-refractivity contribution in [3.05, 3.63) is 53.4 Å². The number of hydrogen-bond donors (Lipinski definition) is 1. The fourth-order valence-electron chi connectivity index (χ4n) is 2.14. The molecule has 2 aromatic carbocycles. The van der Waals surface area contributed by atoms with Crippen LogP contribution in [-0.4, -0.2) is 18.0 Å². The number of aromatic nitrogens is 1. The summed E-state index contributed by atoms with van der Waals surface area (Å²) in [6, 6.07) is 10.6. The summed E-state index contributed by atoms with van der Waals surface area (Å²) in [5.41, 5.74) is 2.90. The van der Waals surface area contributed by atoms with E-state index in [0.29, 0.717) is 22.0 Å². The van der Waals surface area contributed by atoms with Crippen LogP contribution in [-0.2, 0) is 11.2 Å². The van der Waals surface area contributed by atoms with Crippen molar-refractivity contribution in [2.75, 3.05) is 12.4 Å². The smallest absolute Gasteiger partial charge is 0.228 e. The Morgan fingerprint density at radius 3 is 2.95 bits per heavy atom. The van der Waals surface area contributed by atoms with Gasteiger partial charge in [-0.3, -0.25) is 4.79 Å². The highest BCUT2D eigenvalue weighted by molar-refractivity contribution is 6.32. The molecule has 0 spiro atoms. The van der Waals surface area contributed by atoms with Crippen molar-refractivity contribution in [1.29, 1.82) is 0 Å². The van der Waals surface area contributed by atoms with Crippen molar-refractivity contribution in [1.82, 2.24) is 4.98 Å². The fraction of sp³-hybridized carbons (Fsp3) is 0.125. The Bertz CT molecular complexity index is 829. The number of methoxy groups -OCH3 is 1. The van der Waals surface area contributed by atoms with Crippen molar-refractivity contribution in [2.45, 2.75) is 6.42 Å². The van der Waals surface area contributed by atoms with E-state index in [1.165, 1.54) is 6.39 Å². The third-order valence-corrected chi connectivity index (χ3v) is 3.49. The monoisotopic (exact) mass is 316 g/mol. The van der Waals surface area contributed by atoms with Gasteiger partial charge in [0.1, 0.15) is 11.3 Å². The molecule has 1 N–H and O–H groups in total. The normalized spacial score (nSPS) is 10.6. The molecule has 0 aliphatic carbocycles. The first-order valence-electron chi connectivity index (χ1n) is 6.61. The van der Waals surface area contributed by atoms with Gasteiger partial charge in [0, 0.05) is 5.69 Å². The first kappa shape index (κ1) is 14.4. The van der Waals surface area contributed by atoms with E-state index >= 15 is 0 Å². The highest BCUT2D eigenvalue weighted by Crippen LogP contribution is 2.27. The van der Waals surface area contributed by atoms with Gasteiger partial charge in [-0.1, -0.05) is 17.7 Å². The summed E-state index contributed by atoms with van der Waals surface area (Å²) in [7, 11) is 1.54. The van der Waals surface area contributed by atoms with Crippen LogP contribution in [0.2, 0.25) is 5.02 Å². The van der Waals surface area contributed by atoms with Gasteiger partial charge in [-0.2, -0.15) is 0 Å². The summed E-state index contributed by atoms with van der Waals surface area (Å²) in [6.45, 7) is 0. The Labute approximate surface area is 131 Å². The van der Waals surface area contributed by atoms with E-state index in [4.69, 9.17) is 20.8 Å². The predicted molar refractivity (Wildman–Crippen MR) is 84.3 cm³/mol. The number of anilines is 1. The maximum atomic E-state index is 12.1. The van der Waals surface area contributed by atoms with Crippen molar-refractivity contribution in [3.63, 3.8) is 0 Å². The summed E-state index contributed by atoms with van der Waals surface area (Å²) in [6.07, 6.45) is 1.62. The molecule has 112 valence electrons. The molecule has 1 heterocycles. The Morgan fingerprint density at radius 2 is 2.18 bits per heavy atom. The van der Waals surface area contributed by atoms with Crippen LogP contribution in [0.25, 0.3) is 11.1 Å². The van der Waals surface area contributed by atoms with Gasteiger partial charge in [0.2, 0.25) is 5.91 Å². The van der Waals surface area contributed by atoms with E-state index in [2.05, 4.69) is 10.3 Å². The second kappa shape index (κ2) is 6.07. The summed E-state index contributed by atoms with van der Waals surface area (Å²) in [4.78, 5) is 16.1. The Balaban J connectivity index is 1.70. The largest absolute Gasteiger partial charge is 0.495 e. The molecule has 0 saturated heterocycles. The first-order chi connectivity index (χ1) is 10.7. The van der Waals surface area contributed by atoms with Crippen LogP contribution in [0.1, 0.15) is 5.56 Å². The molecule has 0 unspecified atom stereocenters. The van der Waals surface area contributed by atoms with E-state index < -0.39 is 0 Å². The second-order valence-electron chi connectivity index (χ2n) is 4.73. The zero-order valence-corrected chi connectivity index (χ0v) is 12.6. The molecule has 3 rings (SSSR count). The summed E-state index contributed by atoms with van der Waals surface area (Å²) in [5, 5.41) is 3.25. The number of nitrogens with one attached hydrogen (secondary N) is 1. The predicted octanol–water partition coefficient (Wildman–Crippen LogP) is 3.67. The molecular formula is C16H13ClN2O3. The van der Waals surface area contributed by atoms with Crippen LogP contribution >= 0.6 is 11.6 Å². The summed E-state index contributed by atoms with van der Waals surface area (Å²) in [5.74, 6) is 0.426. The number of carbonyl (C=O) groups excluding carboxylic acids is 1. The van der Waals surface area contributed by atoms with Gasteiger partial charge in [0.15, 0.2) is 12.0 Å². The molecule has 22 heavy (non-hydrogen) atoms. The minimum atomic E-state index is -0.139. The average Bonchev–Trinajstić information content (AvgIpc) is 2.95. The number of rotatable bonds is 4. The zero-order chi connectivity index (χ0) is 15.5. The number of nitrogens with zero attached hydrogens (tertiary/aromatic N) is 1. The molecule has 0 bridgehead atoms. The highest BCUT2D eigenvalue weighted by atomic mass is 35.5. The maximum Gasteiger partial charge on any atom is 0.228 e. The van der Waals surface area contributed by atoms with E-state index in [-0.39, 0.29) is 12.3 Å². The molecule has 0 aliphatic heterocycles. The van der Waals surface area contributed by atoms with Gasteiger partial charge < -0.3 is 14.5 Å². The van der Waals surface area contributed by atoms with Crippen molar-refractivity contribution in [3.8, 4) is 5.75 Å². The molecule has 1 amide bonds. The fourth-order valence-corrected chi connectivity index (χ4v) is 2.40. The number of benzene rings is 2. The van der Waals surface area contributed by atoms with Gasteiger partial charge in [-0.05, 0) is 35.9 Å². The number of oxazole rings is 1. The van der Waals surface area contributed by atoms with E-state index in [0.717, 1.165) is 11.1 Å². The SMILES string of the molecule is COc1ccc(NC(=O)Cc2ccc3ncoc3c2)cc1Cl. The van der Waals surface area contributed by atoms with Crippen LogP contribution in [0.15, 0.2) is 47.2 Å². The highest BCUT2D eigenvalue weighted by Gasteiger charge is 2.08. The average molecular weight is 317 g/mol. The first-order valence-corrected chi connectivity index (χ1v) is 6.99. The minimum Gasteiger partial charge on any atom is -0.495 e. The molecule has 1 aromatic heterocycles. The van der Waals surface area contributed by atoms with Gasteiger partial charge in [-0.15, -0.1) is 0 Å². The van der Waals surface area contributed by atoms with E-state index in [1.807, 2.05) is 18.2 Å². The van der Waals surface area contributed by atoms with Gasteiger partial charge in [0.05, 0.1) is 18.6 Å². The molecule has 0 radical (unpaired) electrons. The van der Waals surface area contributed by atoms with E-state index in [1.54, 1.807) is 25.3 Å². The molecule has 0 aliphatic rings. The number of amides is 1. The summed E-state index contributed by atoms with van der Waals surface area (Å²) >= 11 is 6.03. The quantitative estimate of drug-likeness (QED) is 0.797. The van der Waals surface area contributed by atoms with Gasteiger partial charge in [-0.25, -0.2) is 4.98 Å². The summed E-state index contributed by atoms with van der Waals surface area (Å²) < 4.78 is 10.3. The Hall–Kier alpha value is -2.53. The molecule has 0 fully saturated rings. The zero-order valence-electron chi connectivity index (χ0n) is 11.8. The van der Waals surface area contributed by atoms with Gasteiger partial charge >= 0.3 is 0 Å². The second-order valence-corrected chi connectivity index (χ2v) is 5.14. The number of hydrogen-bond acceptors (Lipinski definition) is 4. The third-order valence-electron chi connectivity index (χ3n) is 3.20. The lowest BCUT2D eigenvalue weighted by Crippen LogP contribution is -2.14. The lowest BCUT2D eigenvalue weighted by Gasteiger charge is -2.08. The number of halogens is 1. The van der Waals surface area contributed by atoms with Crippen LogP contribution in [0.4, 0.5) is 5.69 Å². The molecule has 0 saturated carbocycles. The molecule has 3 aromatic rings. The molecule has 6 heteroatoms. The van der Waals surface area contributed by atoms with Gasteiger partial charge in [0.25, 0.3) is 0 Å². The molecule has 0 atom stereocenters. The Kier molecular flexibility index (Phi) is 3.98. The van der Waals surface area contributed by atoms with Crippen LogP contribution in [0.5, 0.6) is 5.75 Å². The molecular weight excluding hydrogens is 304 g/mol. The lowest BCUT2D eigenvalue weighted by atomic mass is 10.1. The van der Waals surface area contributed by atoms with Crippen LogP contribution in [0.3, 0.4) is 0 Å². The third kappa shape index (κ3) is 3.04. The number of ether oxygens (including phenoxy) is 1. The number of carbonyl (C=O) groups is 1. The van der Waals surface area contributed by atoms with Crippen molar-refractivity contribution in [2.24, 2.45) is 0 Å². The lowest BCUT2D eigenvalue weighted by molar-refractivity contribution is -0.115. The van der Waals surface area contributed by atoms with Crippen molar-refractivity contribution >= 4 is 34.3 Å². The van der Waals surface area contributed by atoms with E-state index in [9.17, 15) is 4.79 Å². The molecule has 5 nitrogen and oxygen atoms in total. The van der Waals surface area contributed by atoms with Crippen LogP contribution < -0.4 is 10.1 Å². The van der Waals surface area contributed by atoms with Crippen LogP contribution in [0, 0.1) is 0 Å². The van der Waals surface area contributed by atoms with Crippen molar-refractivity contribution < 1.29 is 13.9 Å².